The normalized spacial score (nSPS) is 14.7. The number of nitrogens with one attached hydrogen (secondary N) is 1. The van der Waals surface area contributed by atoms with E-state index in [-0.39, 0.29) is 31.0 Å². The second-order valence-corrected chi connectivity index (χ2v) is 10.1. The molecular weight excluding hydrogens is 551 g/mol. The predicted octanol–water partition coefficient (Wildman–Crippen LogP) is 6.65. The Kier molecular flexibility index (Phi) is 9.74. The van der Waals surface area contributed by atoms with Crippen LogP contribution in [0.2, 0.25) is 15.1 Å². The Labute approximate surface area is 217 Å². The van der Waals surface area contributed by atoms with Crippen molar-refractivity contribution in [2.45, 2.75) is 57.7 Å². The summed E-state index contributed by atoms with van der Waals surface area (Å²) in [7, 11) is 0. The van der Waals surface area contributed by atoms with Gasteiger partial charge in [0.15, 0.2) is 6.61 Å². The summed E-state index contributed by atoms with van der Waals surface area (Å²) in [6.07, 6.45) is 4.56. The highest BCUT2D eigenvalue weighted by Gasteiger charge is 2.31. The first-order valence-corrected chi connectivity index (χ1v) is 12.8. The van der Waals surface area contributed by atoms with Gasteiger partial charge in [0.1, 0.15) is 11.8 Å². The lowest BCUT2D eigenvalue weighted by atomic mass is 10.1. The van der Waals surface area contributed by atoms with E-state index >= 15 is 0 Å². The van der Waals surface area contributed by atoms with E-state index in [2.05, 4.69) is 21.2 Å². The number of nitrogens with zero attached hydrogens (tertiary/aromatic N) is 1. The molecule has 2 aromatic rings. The topological polar surface area (TPSA) is 58.6 Å². The van der Waals surface area contributed by atoms with Crippen molar-refractivity contribution in [1.82, 2.24) is 10.2 Å². The number of hydrogen-bond acceptors (Lipinski definition) is 3. The van der Waals surface area contributed by atoms with E-state index < -0.39 is 6.04 Å². The molecule has 178 valence electrons. The summed E-state index contributed by atoms with van der Waals surface area (Å²) >= 11 is 22.1. The second kappa shape index (κ2) is 12.3. The van der Waals surface area contributed by atoms with Crippen LogP contribution in [0.5, 0.6) is 5.75 Å². The highest BCUT2D eigenvalue weighted by molar-refractivity contribution is 9.10. The number of amides is 2. The van der Waals surface area contributed by atoms with Crippen LogP contribution in [0.3, 0.4) is 0 Å². The first-order chi connectivity index (χ1) is 15.8. The van der Waals surface area contributed by atoms with Crippen molar-refractivity contribution in [2.24, 2.45) is 0 Å². The zero-order valence-electron chi connectivity index (χ0n) is 18.3. The third-order valence-electron chi connectivity index (χ3n) is 5.72. The fourth-order valence-electron chi connectivity index (χ4n) is 3.96. The Morgan fingerprint density at radius 1 is 1.15 bits per heavy atom. The van der Waals surface area contributed by atoms with Crippen LogP contribution < -0.4 is 10.1 Å². The van der Waals surface area contributed by atoms with Crippen LogP contribution in [-0.4, -0.2) is 35.4 Å². The van der Waals surface area contributed by atoms with Gasteiger partial charge >= 0.3 is 0 Å². The van der Waals surface area contributed by atoms with Crippen LogP contribution in [0.4, 0.5) is 0 Å². The minimum Gasteiger partial charge on any atom is -0.483 e. The summed E-state index contributed by atoms with van der Waals surface area (Å²) < 4.78 is 6.38. The fourth-order valence-corrected chi connectivity index (χ4v) is 5.27. The molecule has 0 spiro atoms. The molecule has 1 N–H and O–H groups in total. The van der Waals surface area contributed by atoms with Crippen molar-refractivity contribution >= 4 is 62.5 Å². The molecule has 1 aliphatic rings. The van der Waals surface area contributed by atoms with Crippen LogP contribution in [0.15, 0.2) is 40.9 Å². The van der Waals surface area contributed by atoms with Crippen LogP contribution in [0.25, 0.3) is 0 Å². The quantitative estimate of drug-likeness (QED) is 0.364. The second-order valence-electron chi connectivity index (χ2n) is 8.00. The summed E-state index contributed by atoms with van der Waals surface area (Å²) in [5, 5.41) is 4.53. The lowest BCUT2D eigenvalue weighted by Gasteiger charge is -2.32. The fraction of sp³-hybridized carbons (Fsp3) is 0.417. The van der Waals surface area contributed by atoms with Crippen molar-refractivity contribution in [1.29, 1.82) is 0 Å². The molecule has 0 bridgehead atoms. The summed E-state index contributed by atoms with van der Waals surface area (Å²) in [6.45, 7) is 1.72. The lowest BCUT2D eigenvalue weighted by molar-refractivity contribution is -0.143. The van der Waals surface area contributed by atoms with Gasteiger partial charge in [-0.15, -0.1) is 0 Å². The van der Waals surface area contributed by atoms with E-state index in [9.17, 15) is 9.59 Å². The molecular formula is C24H26BrCl3N2O3. The molecule has 0 aromatic heterocycles. The van der Waals surface area contributed by atoms with Crippen molar-refractivity contribution < 1.29 is 14.3 Å². The Morgan fingerprint density at radius 2 is 1.82 bits per heavy atom. The smallest absolute Gasteiger partial charge is 0.261 e. The van der Waals surface area contributed by atoms with Gasteiger partial charge in [-0.1, -0.05) is 60.6 Å². The van der Waals surface area contributed by atoms with E-state index in [1.54, 1.807) is 36.4 Å². The highest BCUT2D eigenvalue weighted by atomic mass is 79.9. The van der Waals surface area contributed by atoms with Gasteiger partial charge in [-0.25, -0.2) is 0 Å². The average molecular weight is 577 g/mol. The Morgan fingerprint density at radius 3 is 2.42 bits per heavy atom. The molecule has 0 unspecified atom stereocenters. The van der Waals surface area contributed by atoms with E-state index in [0.717, 1.165) is 25.7 Å². The summed E-state index contributed by atoms with van der Waals surface area (Å²) in [6, 6.07) is 9.68. The summed E-state index contributed by atoms with van der Waals surface area (Å²) in [5.41, 5.74) is 0.592. The first-order valence-electron chi connectivity index (χ1n) is 10.9. The molecule has 1 fully saturated rings. The molecule has 2 aromatic carbocycles. The molecule has 0 radical (unpaired) electrons. The van der Waals surface area contributed by atoms with E-state index in [4.69, 9.17) is 39.5 Å². The lowest BCUT2D eigenvalue weighted by Crippen LogP contribution is -2.52. The average Bonchev–Trinajstić information content (AvgIpc) is 3.27. The maximum atomic E-state index is 13.4. The van der Waals surface area contributed by atoms with Crippen LogP contribution in [0, 0.1) is 0 Å². The molecule has 1 aliphatic carbocycles. The number of ether oxygens (including phenoxy) is 1. The largest absolute Gasteiger partial charge is 0.483 e. The predicted molar refractivity (Wildman–Crippen MR) is 136 cm³/mol. The Balaban J connectivity index is 1.82. The van der Waals surface area contributed by atoms with Gasteiger partial charge in [0.25, 0.3) is 5.91 Å². The van der Waals surface area contributed by atoms with Gasteiger partial charge in [-0.3, -0.25) is 9.59 Å². The van der Waals surface area contributed by atoms with Gasteiger partial charge in [0.2, 0.25) is 5.91 Å². The Bertz CT molecular complexity index is 979. The number of halogens is 4. The maximum absolute atomic E-state index is 13.4. The monoisotopic (exact) mass is 574 g/mol. The standard InChI is InChI=1S/C24H26BrCl3N2O3/c1-2-21(24(32)29-16-6-3-4-7-16)30(13-17-19(27)8-5-9-20(17)28)23(31)14-33-22-11-10-15(26)12-18(22)25/h5,8-12,16,21H,2-4,6-7,13-14H2,1H3,(H,29,32)/t21-/m0/s1. The number of rotatable bonds is 9. The van der Waals surface area contributed by atoms with Crippen molar-refractivity contribution in [3.8, 4) is 5.75 Å². The van der Waals surface area contributed by atoms with Crippen LogP contribution in [-0.2, 0) is 16.1 Å². The molecule has 1 saturated carbocycles. The SMILES string of the molecule is CC[C@@H](C(=O)NC1CCCC1)N(Cc1c(Cl)cccc1Cl)C(=O)COc1ccc(Cl)cc1Br. The molecule has 2 amide bonds. The minimum atomic E-state index is -0.678. The molecule has 1 atom stereocenters. The zero-order chi connectivity index (χ0) is 24.0. The highest BCUT2D eigenvalue weighted by Crippen LogP contribution is 2.29. The van der Waals surface area contributed by atoms with E-state index in [0.29, 0.717) is 37.3 Å². The van der Waals surface area contributed by atoms with Gasteiger partial charge in [-0.05, 0) is 65.5 Å². The third kappa shape index (κ3) is 7.01. The van der Waals surface area contributed by atoms with E-state index in [1.165, 1.54) is 4.90 Å². The van der Waals surface area contributed by atoms with Gasteiger partial charge in [0.05, 0.1) is 4.47 Å². The molecule has 0 aliphatic heterocycles. The van der Waals surface area contributed by atoms with Crippen molar-refractivity contribution in [3.05, 3.63) is 61.5 Å². The molecule has 0 saturated heterocycles. The number of hydrogen-bond donors (Lipinski definition) is 1. The summed E-state index contributed by atoms with van der Waals surface area (Å²) in [5.74, 6) is -0.0400. The van der Waals surface area contributed by atoms with Crippen LogP contribution >= 0.6 is 50.7 Å². The maximum Gasteiger partial charge on any atom is 0.261 e. The van der Waals surface area contributed by atoms with Gasteiger partial charge in [0, 0.05) is 33.2 Å². The summed E-state index contributed by atoms with van der Waals surface area (Å²) in [4.78, 5) is 28.0. The molecule has 9 heteroatoms. The molecule has 5 nitrogen and oxygen atoms in total. The number of carbonyl (C=O) groups is 2. The van der Waals surface area contributed by atoms with Crippen molar-refractivity contribution in [3.63, 3.8) is 0 Å². The number of benzene rings is 2. The van der Waals surface area contributed by atoms with Gasteiger partial charge in [-0.2, -0.15) is 0 Å². The molecule has 33 heavy (non-hydrogen) atoms. The first kappa shape index (κ1) is 26.1. The van der Waals surface area contributed by atoms with E-state index in [1.807, 2.05) is 6.92 Å². The zero-order valence-corrected chi connectivity index (χ0v) is 22.1. The molecule has 3 rings (SSSR count). The van der Waals surface area contributed by atoms with Crippen LogP contribution in [0.1, 0.15) is 44.6 Å². The molecule has 0 heterocycles. The third-order valence-corrected chi connectivity index (χ3v) is 7.29. The van der Waals surface area contributed by atoms with Crippen molar-refractivity contribution in [2.75, 3.05) is 6.61 Å². The minimum absolute atomic E-state index is 0.0963. The van der Waals surface area contributed by atoms with Gasteiger partial charge < -0.3 is 15.0 Å². The Hall–Kier alpha value is -1.47. The number of carbonyl (C=O) groups excluding carboxylic acids is 2.